The summed E-state index contributed by atoms with van der Waals surface area (Å²) in [6, 6.07) is 13.6. The van der Waals surface area contributed by atoms with E-state index in [9.17, 15) is 13.2 Å². The first kappa shape index (κ1) is 20.9. The van der Waals surface area contributed by atoms with Crippen LogP contribution in [0.4, 0.5) is 5.69 Å². The number of anilines is 1. The molecule has 7 nitrogen and oxygen atoms in total. The second-order valence-corrected chi connectivity index (χ2v) is 8.52. The van der Waals surface area contributed by atoms with Gasteiger partial charge in [0.05, 0.1) is 0 Å². The third-order valence-corrected chi connectivity index (χ3v) is 6.13. The standard InChI is InChI=1S/C20H20ClN3O4S/c1-13-19(14(2)28-23-13)29(26,27)24-18-9-5-16(6-10-18)20(25)22-12-11-15-3-7-17(21)8-4-15/h3-10,24H,11-12H2,1-2H3,(H,22,25). The number of rotatable bonds is 7. The first-order chi connectivity index (χ1) is 13.8. The molecule has 0 fully saturated rings. The highest BCUT2D eigenvalue weighted by Gasteiger charge is 2.24. The first-order valence-corrected chi connectivity index (χ1v) is 10.7. The van der Waals surface area contributed by atoms with E-state index in [0.29, 0.717) is 29.2 Å². The fourth-order valence-electron chi connectivity index (χ4n) is 2.83. The van der Waals surface area contributed by atoms with E-state index >= 15 is 0 Å². The third kappa shape index (κ3) is 5.16. The Labute approximate surface area is 174 Å². The minimum atomic E-state index is -3.83. The summed E-state index contributed by atoms with van der Waals surface area (Å²) >= 11 is 5.85. The maximum absolute atomic E-state index is 12.5. The van der Waals surface area contributed by atoms with Gasteiger partial charge in [-0.2, -0.15) is 0 Å². The highest BCUT2D eigenvalue weighted by atomic mass is 35.5. The molecule has 2 N–H and O–H groups in total. The normalized spacial score (nSPS) is 11.3. The summed E-state index contributed by atoms with van der Waals surface area (Å²) in [7, 11) is -3.83. The Bertz CT molecular complexity index is 1090. The van der Waals surface area contributed by atoms with Gasteiger partial charge in [-0.05, 0) is 62.2 Å². The van der Waals surface area contributed by atoms with Gasteiger partial charge in [-0.25, -0.2) is 8.42 Å². The molecule has 29 heavy (non-hydrogen) atoms. The molecule has 0 atom stereocenters. The van der Waals surface area contributed by atoms with Gasteiger partial charge in [-0.1, -0.05) is 28.9 Å². The van der Waals surface area contributed by atoms with E-state index in [4.69, 9.17) is 16.1 Å². The van der Waals surface area contributed by atoms with Crippen LogP contribution in [0.15, 0.2) is 57.9 Å². The predicted molar refractivity (Wildman–Crippen MR) is 111 cm³/mol. The van der Waals surface area contributed by atoms with Gasteiger partial charge in [-0.15, -0.1) is 0 Å². The number of aryl methyl sites for hydroxylation is 2. The van der Waals surface area contributed by atoms with Crippen molar-refractivity contribution in [2.24, 2.45) is 0 Å². The van der Waals surface area contributed by atoms with Gasteiger partial charge in [0.1, 0.15) is 5.69 Å². The molecular formula is C20H20ClN3O4S. The molecule has 0 spiro atoms. The van der Waals surface area contributed by atoms with Crippen LogP contribution >= 0.6 is 11.6 Å². The molecule has 1 aromatic heterocycles. The van der Waals surface area contributed by atoms with Gasteiger partial charge in [0.25, 0.3) is 15.9 Å². The average molecular weight is 434 g/mol. The van der Waals surface area contributed by atoms with Crippen LogP contribution in [0.5, 0.6) is 0 Å². The number of amides is 1. The third-order valence-electron chi connectivity index (χ3n) is 4.25. The number of halogens is 1. The lowest BCUT2D eigenvalue weighted by molar-refractivity contribution is 0.0954. The van der Waals surface area contributed by atoms with Crippen molar-refractivity contribution in [3.05, 3.63) is 76.1 Å². The van der Waals surface area contributed by atoms with Gasteiger partial charge >= 0.3 is 0 Å². The Morgan fingerprint density at radius 1 is 1.07 bits per heavy atom. The summed E-state index contributed by atoms with van der Waals surface area (Å²) in [4.78, 5) is 12.3. The summed E-state index contributed by atoms with van der Waals surface area (Å²) in [6.45, 7) is 3.56. The van der Waals surface area contributed by atoms with Crippen molar-refractivity contribution in [3.63, 3.8) is 0 Å². The number of carbonyl (C=O) groups excluding carboxylic acids is 1. The fraction of sp³-hybridized carbons (Fsp3) is 0.200. The van der Waals surface area contributed by atoms with E-state index in [2.05, 4.69) is 15.2 Å². The van der Waals surface area contributed by atoms with Gasteiger partial charge < -0.3 is 9.84 Å². The zero-order valence-electron chi connectivity index (χ0n) is 15.9. The van der Waals surface area contributed by atoms with Crippen molar-refractivity contribution in [1.82, 2.24) is 10.5 Å². The number of nitrogens with zero attached hydrogens (tertiary/aromatic N) is 1. The monoisotopic (exact) mass is 433 g/mol. The van der Waals surface area contributed by atoms with E-state index < -0.39 is 10.0 Å². The molecule has 0 saturated heterocycles. The van der Waals surface area contributed by atoms with E-state index in [0.717, 1.165) is 5.56 Å². The average Bonchev–Trinajstić information content (AvgIpc) is 3.02. The fourth-order valence-corrected chi connectivity index (χ4v) is 4.34. The Kier molecular flexibility index (Phi) is 6.24. The minimum absolute atomic E-state index is 0.0153. The maximum atomic E-state index is 12.5. The second kappa shape index (κ2) is 8.67. The maximum Gasteiger partial charge on any atom is 0.267 e. The minimum Gasteiger partial charge on any atom is -0.360 e. The van der Waals surface area contributed by atoms with Crippen molar-refractivity contribution in [2.75, 3.05) is 11.3 Å². The van der Waals surface area contributed by atoms with Crippen LogP contribution < -0.4 is 10.0 Å². The Morgan fingerprint density at radius 3 is 2.31 bits per heavy atom. The van der Waals surface area contributed by atoms with Crippen LogP contribution in [0, 0.1) is 13.8 Å². The van der Waals surface area contributed by atoms with E-state index in [1.165, 1.54) is 19.1 Å². The van der Waals surface area contributed by atoms with E-state index in [1.54, 1.807) is 31.2 Å². The van der Waals surface area contributed by atoms with Crippen LogP contribution in [0.25, 0.3) is 0 Å². The zero-order chi connectivity index (χ0) is 21.0. The molecule has 0 aliphatic carbocycles. The van der Waals surface area contributed by atoms with Crippen LogP contribution in [0.3, 0.4) is 0 Å². The number of carbonyl (C=O) groups is 1. The summed E-state index contributed by atoms with van der Waals surface area (Å²) in [6.07, 6.45) is 0.679. The molecule has 0 aliphatic rings. The lowest BCUT2D eigenvalue weighted by atomic mass is 10.1. The van der Waals surface area contributed by atoms with Crippen molar-refractivity contribution in [1.29, 1.82) is 0 Å². The van der Waals surface area contributed by atoms with Gasteiger partial charge in [0.15, 0.2) is 10.7 Å². The van der Waals surface area contributed by atoms with Crippen LogP contribution in [-0.4, -0.2) is 26.0 Å². The predicted octanol–water partition coefficient (Wildman–Crippen LogP) is 3.72. The molecule has 0 radical (unpaired) electrons. The summed E-state index contributed by atoms with van der Waals surface area (Å²) < 4.78 is 32.4. The van der Waals surface area contributed by atoms with Crippen LogP contribution in [-0.2, 0) is 16.4 Å². The number of benzene rings is 2. The van der Waals surface area contributed by atoms with Gasteiger partial charge in [-0.3, -0.25) is 9.52 Å². The van der Waals surface area contributed by atoms with Crippen LogP contribution in [0.1, 0.15) is 27.4 Å². The molecule has 0 saturated carbocycles. The summed E-state index contributed by atoms with van der Waals surface area (Å²) in [5.41, 5.74) is 2.12. The molecule has 0 bridgehead atoms. The van der Waals surface area contributed by atoms with E-state index in [-0.39, 0.29) is 22.3 Å². The van der Waals surface area contributed by atoms with Crippen molar-refractivity contribution in [2.45, 2.75) is 25.2 Å². The lowest BCUT2D eigenvalue weighted by Crippen LogP contribution is -2.25. The molecule has 0 aliphatic heterocycles. The quantitative estimate of drug-likeness (QED) is 0.591. The molecule has 3 rings (SSSR count). The topological polar surface area (TPSA) is 101 Å². The Balaban J connectivity index is 1.59. The van der Waals surface area contributed by atoms with Crippen molar-refractivity contribution >= 4 is 33.2 Å². The highest BCUT2D eigenvalue weighted by Crippen LogP contribution is 2.22. The zero-order valence-corrected chi connectivity index (χ0v) is 17.5. The van der Waals surface area contributed by atoms with Crippen molar-refractivity contribution in [3.8, 4) is 0 Å². The molecular weight excluding hydrogens is 414 g/mol. The van der Waals surface area contributed by atoms with Gasteiger partial charge in [0.2, 0.25) is 0 Å². The first-order valence-electron chi connectivity index (χ1n) is 8.84. The molecule has 152 valence electrons. The second-order valence-electron chi connectivity index (χ2n) is 6.47. The molecule has 1 heterocycles. The van der Waals surface area contributed by atoms with Crippen molar-refractivity contribution < 1.29 is 17.7 Å². The largest absolute Gasteiger partial charge is 0.360 e. The van der Waals surface area contributed by atoms with Crippen LogP contribution in [0.2, 0.25) is 5.02 Å². The number of aromatic nitrogens is 1. The number of hydrogen-bond acceptors (Lipinski definition) is 5. The lowest BCUT2D eigenvalue weighted by Gasteiger charge is -2.09. The SMILES string of the molecule is Cc1noc(C)c1S(=O)(=O)Nc1ccc(C(=O)NCCc2ccc(Cl)cc2)cc1. The Hall–Kier alpha value is -2.84. The van der Waals surface area contributed by atoms with E-state index in [1.807, 2.05) is 12.1 Å². The molecule has 3 aromatic rings. The Morgan fingerprint density at radius 2 is 1.72 bits per heavy atom. The number of sulfonamides is 1. The molecule has 9 heteroatoms. The molecule has 1 amide bonds. The highest BCUT2D eigenvalue weighted by molar-refractivity contribution is 7.92. The number of hydrogen-bond donors (Lipinski definition) is 2. The summed E-state index contributed by atoms with van der Waals surface area (Å²) in [5.74, 6) is -0.0224. The molecule has 0 unspecified atom stereocenters. The molecule has 2 aromatic carbocycles. The number of nitrogens with one attached hydrogen (secondary N) is 2. The van der Waals surface area contributed by atoms with Gasteiger partial charge in [0, 0.05) is 22.8 Å². The smallest absolute Gasteiger partial charge is 0.267 e. The summed E-state index contributed by atoms with van der Waals surface area (Å²) in [5, 5.41) is 7.17.